The Hall–Kier alpha value is -1.93. The van der Waals surface area contributed by atoms with Gasteiger partial charge in [-0.3, -0.25) is 0 Å². The normalized spacial score (nSPS) is 21.0. The Kier molecular flexibility index (Phi) is 5.86. The number of hydrogen-bond donors (Lipinski definition) is 0. The van der Waals surface area contributed by atoms with Gasteiger partial charge in [-0.25, -0.2) is 13.2 Å². The van der Waals surface area contributed by atoms with Gasteiger partial charge in [-0.2, -0.15) is 4.31 Å². The second-order valence-electron chi connectivity index (χ2n) is 6.45. The summed E-state index contributed by atoms with van der Waals surface area (Å²) >= 11 is 5.81. The molecule has 2 aromatic carbocycles. The molecule has 8 heteroatoms. The molecule has 0 aromatic heterocycles. The quantitative estimate of drug-likeness (QED) is 0.572. The van der Waals surface area contributed by atoms with E-state index in [2.05, 4.69) is 0 Å². The van der Waals surface area contributed by atoms with Crippen molar-refractivity contribution >= 4 is 27.6 Å². The van der Waals surface area contributed by atoms with Crippen molar-refractivity contribution < 1.29 is 22.7 Å². The average Bonchev–Trinajstić information content (AvgIpc) is 2.63. The molecule has 0 unspecified atom stereocenters. The maximum Gasteiger partial charge on any atom is 0.343 e. The molecule has 0 radical (unpaired) electrons. The third-order valence-corrected chi connectivity index (χ3v) is 6.20. The van der Waals surface area contributed by atoms with E-state index in [-0.39, 0.29) is 35.8 Å². The van der Waals surface area contributed by atoms with Gasteiger partial charge in [-0.15, -0.1) is 0 Å². The van der Waals surface area contributed by atoms with Gasteiger partial charge in [0.1, 0.15) is 5.75 Å². The minimum atomic E-state index is -3.73. The lowest BCUT2D eigenvalue weighted by atomic mass is 10.2. The molecule has 0 bridgehead atoms. The van der Waals surface area contributed by atoms with Crippen molar-refractivity contribution in [3.8, 4) is 5.75 Å². The maximum atomic E-state index is 13.0. The number of halogens is 1. The molecule has 1 heterocycles. The first kappa shape index (κ1) is 19.8. The van der Waals surface area contributed by atoms with Crippen molar-refractivity contribution in [2.24, 2.45) is 0 Å². The van der Waals surface area contributed by atoms with Gasteiger partial charge in [0.05, 0.1) is 22.7 Å². The third kappa shape index (κ3) is 4.68. The fourth-order valence-electron chi connectivity index (χ4n) is 2.93. The Bertz CT molecular complexity index is 919. The summed E-state index contributed by atoms with van der Waals surface area (Å²) in [5.74, 6) is -0.313. The second kappa shape index (κ2) is 7.98. The zero-order chi connectivity index (χ0) is 19.6. The van der Waals surface area contributed by atoms with E-state index in [1.54, 1.807) is 24.3 Å². The number of nitrogens with zero attached hydrogens (tertiary/aromatic N) is 1. The molecular weight excluding hydrogens is 390 g/mol. The van der Waals surface area contributed by atoms with E-state index in [1.165, 1.54) is 28.6 Å². The zero-order valence-electron chi connectivity index (χ0n) is 15.0. The summed E-state index contributed by atoms with van der Waals surface area (Å²) < 4.78 is 38.2. The largest absolute Gasteiger partial charge is 0.423 e. The lowest BCUT2D eigenvalue weighted by Crippen LogP contribution is -2.48. The van der Waals surface area contributed by atoms with Crippen LogP contribution >= 0.6 is 11.6 Å². The summed E-state index contributed by atoms with van der Waals surface area (Å²) in [6.45, 7) is 4.20. The lowest BCUT2D eigenvalue weighted by molar-refractivity contribution is -0.0440. The molecule has 1 aliphatic rings. The van der Waals surface area contributed by atoms with E-state index >= 15 is 0 Å². The summed E-state index contributed by atoms with van der Waals surface area (Å²) in [5, 5.41) is 0.525. The van der Waals surface area contributed by atoms with Gasteiger partial charge < -0.3 is 9.47 Å². The van der Waals surface area contributed by atoms with Crippen LogP contribution in [0.4, 0.5) is 0 Å². The molecule has 6 nitrogen and oxygen atoms in total. The van der Waals surface area contributed by atoms with E-state index in [9.17, 15) is 13.2 Å². The fourth-order valence-corrected chi connectivity index (χ4v) is 4.69. The van der Waals surface area contributed by atoms with Crippen LogP contribution in [-0.2, 0) is 14.8 Å². The SMILES string of the molecule is C[C@@H]1CN(S(=O)(=O)c2cccc(C(=O)Oc3ccc(Cl)cc3)c2)C[C@H](C)O1. The monoisotopic (exact) mass is 409 g/mol. The van der Waals surface area contributed by atoms with Crippen LogP contribution in [0.15, 0.2) is 53.4 Å². The maximum absolute atomic E-state index is 13.0. The second-order valence-corrected chi connectivity index (χ2v) is 8.82. The van der Waals surface area contributed by atoms with Crippen molar-refractivity contribution in [3.63, 3.8) is 0 Å². The van der Waals surface area contributed by atoms with Gasteiger partial charge in [-0.1, -0.05) is 17.7 Å². The first-order valence-corrected chi connectivity index (χ1v) is 10.3. The minimum absolute atomic E-state index is 0.0503. The molecular formula is C19H20ClNO5S. The van der Waals surface area contributed by atoms with Crippen LogP contribution < -0.4 is 4.74 Å². The fraction of sp³-hybridized carbons (Fsp3) is 0.316. The molecule has 27 heavy (non-hydrogen) atoms. The molecule has 3 rings (SSSR count). The van der Waals surface area contributed by atoms with Crippen molar-refractivity contribution in [1.82, 2.24) is 4.31 Å². The molecule has 0 saturated carbocycles. The number of hydrogen-bond acceptors (Lipinski definition) is 5. The smallest absolute Gasteiger partial charge is 0.343 e. The molecule has 0 spiro atoms. The molecule has 144 valence electrons. The Morgan fingerprint density at radius 3 is 2.37 bits per heavy atom. The molecule has 0 amide bonds. The number of ether oxygens (including phenoxy) is 2. The van der Waals surface area contributed by atoms with E-state index in [4.69, 9.17) is 21.1 Å². The van der Waals surface area contributed by atoms with Crippen molar-refractivity contribution in [3.05, 3.63) is 59.1 Å². The van der Waals surface area contributed by atoms with Crippen LogP contribution in [0.5, 0.6) is 5.75 Å². The molecule has 1 saturated heterocycles. The number of benzene rings is 2. The summed E-state index contributed by atoms with van der Waals surface area (Å²) in [5.41, 5.74) is 0.153. The summed E-state index contributed by atoms with van der Waals surface area (Å²) in [4.78, 5) is 12.4. The van der Waals surface area contributed by atoms with Gasteiger partial charge in [0, 0.05) is 18.1 Å². The molecule has 1 aliphatic heterocycles. The van der Waals surface area contributed by atoms with E-state index in [0.717, 1.165) is 0 Å². The average molecular weight is 410 g/mol. The number of morpholine rings is 1. The van der Waals surface area contributed by atoms with Crippen LogP contribution in [0.3, 0.4) is 0 Å². The predicted molar refractivity (Wildman–Crippen MR) is 102 cm³/mol. The summed E-state index contributed by atoms with van der Waals surface area (Å²) in [6, 6.07) is 12.2. The highest BCUT2D eigenvalue weighted by Crippen LogP contribution is 2.23. The first-order valence-electron chi connectivity index (χ1n) is 8.49. The molecule has 0 aliphatic carbocycles. The summed E-state index contributed by atoms with van der Waals surface area (Å²) in [7, 11) is -3.73. The topological polar surface area (TPSA) is 72.9 Å². The Morgan fingerprint density at radius 2 is 1.74 bits per heavy atom. The Balaban J connectivity index is 1.82. The van der Waals surface area contributed by atoms with Crippen molar-refractivity contribution in [2.45, 2.75) is 31.0 Å². The Labute approximate surface area is 163 Å². The van der Waals surface area contributed by atoms with Gasteiger partial charge >= 0.3 is 5.97 Å². The first-order chi connectivity index (χ1) is 12.8. The van der Waals surface area contributed by atoms with E-state index < -0.39 is 16.0 Å². The van der Waals surface area contributed by atoms with Crippen LogP contribution in [-0.4, -0.2) is 44.0 Å². The minimum Gasteiger partial charge on any atom is -0.423 e. The van der Waals surface area contributed by atoms with Crippen molar-refractivity contribution in [1.29, 1.82) is 0 Å². The summed E-state index contributed by atoms with van der Waals surface area (Å²) in [6.07, 6.45) is -0.386. The number of esters is 1. The van der Waals surface area contributed by atoms with Gasteiger partial charge in [0.2, 0.25) is 10.0 Å². The van der Waals surface area contributed by atoms with E-state index in [0.29, 0.717) is 10.8 Å². The standard InChI is InChI=1S/C19H20ClNO5S/c1-13-11-21(12-14(2)25-13)27(23,24)18-5-3-4-15(10-18)19(22)26-17-8-6-16(20)7-9-17/h3-10,13-14H,11-12H2,1-2H3/t13-,14+. The molecule has 1 fully saturated rings. The van der Waals surface area contributed by atoms with Gasteiger partial charge in [-0.05, 0) is 56.3 Å². The predicted octanol–water partition coefficient (Wildman–Crippen LogP) is 3.36. The van der Waals surface area contributed by atoms with Crippen LogP contribution in [0.1, 0.15) is 24.2 Å². The van der Waals surface area contributed by atoms with Crippen LogP contribution in [0.25, 0.3) is 0 Å². The van der Waals surface area contributed by atoms with Crippen LogP contribution in [0.2, 0.25) is 5.02 Å². The highest BCUT2D eigenvalue weighted by molar-refractivity contribution is 7.89. The number of carbonyl (C=O) groups excluding carboxylic acids is 1. The highest BCUT2D eigenvalue weighted by Gasteiger charge is 2.32. The highest BCUT2D eigenvalue weighted by atomic mass is 35.5. The molecule has 0 N–H and O–H groups in total. The zero-order valence-corrected chi connectivity index (χ0v) is 16.5. The molecule has 2 atom stereocenters. The third-order valence-electron chi connectivity index (χ3n) is 4.12. The lowest BCUT2D eigenvalue weighted by Gasteiger charge is -2.34. The van der Waals surface area contributed by atoms with Crippen LogP contribution in [0, 0.1) is 0 Å². The van der Waals surface area contributed by atoms with Gasteiger partial charge in [0.25, 0.3) is 0 Å². The van der Waals surface area contributed by atoms with E-state index in [1.807, 2.05) is 13.8 Å². The number of sulfonamides is 1. The van der Waals surface area contributed by atoms with Crippen molar-refractivity contribution in [2.75, 3.05) is 13.1 Å². The number of rotatable bonds is 4. The molecule has 2 aromatic rings. The number of carbonyl (C=O) groups is 1. The Morgan fingerprint density at radius 1 is 1.11 bits per heavy atom. The van der Waals surface area contributed by atoms with Gasteiger partial charge in [0.15, 0.2) is 0 Å².